The maximum Gasteiger partial charge on any atom is 0.257 e. The number of thiazole rings is 1. The number of amides is 1. The van der Waals surface area contributed by atoms with Crippen LogP contribution in [0.5, 0.6) is 0 Å². The Morgan fingerprint density at radius 2 is 2.27 bits per heavy atom. The third-order valence-electron chi connectivity index (χ3n) is 3.71. The highest BCUT2D eigenvalue weighted by molar-refractivity contribution is 9.10. The third-order valence-corrected chi connectivity index (χ3v) is 5.61. The third kappa shape index (κ3) is 3.51. The van der Waals surface area contributed by atoms with Crippen LogP contribution in [0.4, 0.5) is 5.13 Å². The van der Waals surface area contributed by atoms with E-state index < -0.39 is 0 Å². The Kier molecular flexibility index (Phi) is 5.60. The van der Waals surface area contributed by atoms with E-state index in [0.717, 1.165) is 35.0 Å². The fourth-order valence-corrected chi connectivity index (χ4v) is 3.93. The summed E-state index contributed by atoms with van der Waals surface area (Å²) in [5.74, 6) is -0.121. The smallest absolute Gasteiger partial charge is 0.257 e. The minimum absolute atomic E-state index is 0. The number of benzene rings is 1. The lowest BCUT2D eigenvalue weighted by Crippen LogP contribution is -2.27. The summed E-state index contributed by atoms with van der Waals surface area (Å²) in [7, 11) is 0. The average Bonchev–Trinajstić information content (AvgIpc) is 2.83. The second-order valence-electron chi connectivity index (χ2n) is 5.26. The van der Waals surface area contributed by atoms with Crippen LogP contribution in [0.2, 0.25) is 0 Å². The molecule has 3 N–H and O–H groups in total. The molecule has 2 aromatic rings. The number of hydrogen-bond donors (Lipinski definition) is 2. The van der Waals surface area contributed by atoms with Gasteiger partial charge in [-0.1, -0.05) is 22.0 Å². The molecule has 0 spiro atoms. The van der Waals surface area contributed by atoms with Crippen LogP contribution in [0.1, 0.15) is 32.9 Å². The zero-order valence-corrected chi connectivity index (χ0v) is 15.3. The lowest BCUT2D eigenvalue weighted by atomic mass is 9.99. The van der Waals surface area contributed by atoms with Crippen molar-refractivity contribution in [3.63, 3.8) is 0 Å². The number of anilines is 1. The number of carbonyl (C=O) groups excluding carboxylic acids is 1. The molecule has 0 radical (unpaired) electrons. The first-order valence-electron chi connectivity index (χ1n) is 6.85. The van der Waals surface area contributed by atoms with E-state index in [1.54, 1.807) is 0 Å². The summed E-state index contributed by atoms with van der Waals surface area (Å²) in [5, 5.41) is 3.57. The van der Waals surface area contributed by atoms with Crippen LogP contribution >= 0.6 is 39.7 Å². The van der Waals surface area contributed by atoms with Crippen molar-refractivity contribution in [3.05, 3.63) is 44.4 Å². The van der Waals surface area contributed by atoms with E-state index >= 15 is 0 Å². The number of carbonyl (C=O) groups is 1. The van der Waals surface area contributed by atoms with E-state index in [-0.39, 0.29) is 24.4 Å². The number of aryl methyl sites for hydroxylation is 1. The Bertz CT molecular complexity index is 704. The highest BCUT2D eigenvalue weighted by atomic mass is 79.9. The van der Waals surface area contributed by atoms with Gasteiger partial charge >= 0.3 is 0 Å². The summed E-state index contributed by atoms with van der Waals surface area (Å²) >= 11 is 4.98. The van der Waals surface area contributed by atoms with Crippen molar-refractivity contribution >= 4 is 50.7 Å². The van der Waals surface area contributed by atoms with Crippen LogP contribution in [0.3, 0.4) is 0 Å². The molecule has 118 valence electrons. The summed E-state index contributed by atoms with van der Waals surface area (Å²) in [6.07, 6.45) is 2.73. The largest absolute Gasteiger partial charge is 0.327 e. The molecule has 1 heterocycles. The molecule has 0 unspecified atom stereocenters. The van der Waals surface area contributed by atoms with Gasteiger partial charge in [0.05, 0.1) is 5.69 Å². The van der Waals surface area contributed by atoms with Crippen molar-refractivity contribution < 1.29 is 4.79 Å². The van der Waals surface area contributed by atoms with E-state index in [9.17, 15) is 4.79 Å². The van der Waals surface area contributed by atoms with Gasteiger partial charge < -0.3 is 5.73 Å². The molecule has 1 atom stereocenters. The molecule has 0 bridgehead atoms. The summed E-state index contributed by atoms with van der Waals surface area (Å²) in [6.45, 7) is 1.92. The molecule has 0 saturated heterocycles. The van der Waals surface area contributed by atoms with Crippen molar-refractivity contribution in [2.24, 2.45) is 5.73 Å². The van der Waals surface area contributed by atoms with Crippen LogP contribution in [0.25, 0.3) is 0 Å². The number of halogens is 2. The molecular weight excluding hydrogens is 386 g/mol. The quantitative estimate of drug-likeness (QED) is 0.804. The number of nitrogens with zero attached hydrogens (tertiary/aromatic N) is 1. The molecule has 0 saturated carbocycles. The number of nitrogens with two attached hydrogens (primary N) is 1. The first kappa shape index (κ1) is 17.4. The minimum Gasteiger partial charge on any atom is -0.327 e. The van der Waals surface area contributed by atoms with E-state index in [2.05, 4.69) is 26.2 Å². The summed E-state index contributed by atoms with van der Waals surface area (Å²) in [5.41, 5.74) is 8.65. The molecule has 1 amide bonds. The number of fused-ring (bicyclic) bond motifs is 1. The first-order chi connectivity index (χ1) is 10.0. The van der Waals surface area contributed by atoms with E-state index in [1.165, 1.54) is 16.2 Å². The van der Waals surface area contributed by atoms with Crippen LogP contribution in [0.15, 0.2) is 22.7 Å². The summed E-state index contributed by atoms with van der Waals surface area (Å²) in [6, 6.07) is 5.82. The molecule has 0 fully saturated rings. The van der Waals surface area contributed by atoms with Crippen molar-refractivity contribution in [1.82, 2.24) is 4.98 Å². The summed E-state index contributed by atoms with van der Waals surface area (Å²) in [4.78, 5) is 18.1. The molecule has 4 nitrogen and oxygen atoms in total. The number of hydrogen-bond acceptors (Lipinski definition) is 4. The highest BCUT2D eigenvalue weighted by Crippen LogP contribution is 2.30. The van der Waals surface area contributed by atoms with Crippen molar-refractivity contribution in [3.8, 4) is 0 Å². The lowest BCUT2D eigenvalue weighted by molar-refractivity contribution is 0.102. The normalized spacial score (nSPS) is 16.6. The van der Waals surface area contributed by atoms with Crippen molar-refractivity contribution in [1.29, 1.82) is 0 Å². The van der Waals surface area contributed by atoms with Crippen LogP contribution in [0, 0.1) is 6.92 Å². The molecule has 1 aliphatic carbocycles. The van der Waals surface area contributed by atoms with Crippen LogP contribution < -0.4 is 11.1 Å². The van der Waals surface area contributed by atoms with Crippen molar-refractivity contribution in [2.45, 2.75) is 32.2 Å². The predicted molar refractivity (Wildman–Crippen MR) is 96.2 cm³/mol. The monoisotopic (exact) mass is 401 g/mol. The number of rotatable bonds is 2. The Morgan fingerprint density at radius 1 is 1.50 bits per heavy atom. The van der Waals surface area contributed by atoms with Gasteiger partial charge in [-0.15, -0.1) is 23.7 Å². The van der Waals surface area contributed by atoms with Gasteiger partial charge in [-0.3, -0.25) is 10.1 Å². The van der Waals surface area contributed by atoms with Crippen molar-refractivity contribution in [2.75, 3.05) is 5.32 Å². The summed E-state index contributed by atoms with van der Waals surface area (Å²) < 4.78 is 0.930. The fourth-order valence-electron chi connectivity index (χ4n) is 2.47. The predicted octanol–water partition coefficient (Wildman–Crippen LogP) is 3.70. The maximum absolute atomic E-state index is 12.4. The second-order valence-corrected chi connectivity index (χ2v) is 7.20. The molecule has 7 heteroatoms. The molecule has 1 aromatic heterocycles. The molecule has 22 heavy (non-hydrogen) atoms. The number of aromatic nitrogens is 1. The highest BCUT2D eigenvalue weighted by Gasteiger charge is 2.21. The van der Waals surface area contributed by atoms with E-state index in [4.69, 9.17) is 5.73 Å². The van der Waals surface area contributed by atoms with Gasteiger partial charge in [-0.25, -0.2) is 4.98 Å². The first-order valence-corrected chi connectivity index (χ1v) is 8.46. The Hall–Kier alpha value is -0.950. The van der Waals surface area contributed by atoms with Gasteiger partial charge in [0.25, 0.3) is 5.91 Å². The average molecular weight is 403 g/mol. The standard InChI is InChI=1S/C15H16BrN3OS.ClH/c1-8-10(3-2-4-11(8)16)14(20)19-15-18-12-6-5-9(17)7-13(12)21-15;/h2-4,9H,5-7,17H2,1H3,(H,18,19,20);1H/t9-;/m0./s1. The molecule has 3 rings (SSSR count). The van der Waals surface area contributed by atoms with Gasteiger partial charge in [-0.05, 0) is 43.9 Å². The molecule has 1 aliphatic rings. The lowest BCUT2D eigenvalue weighted by Gasteiger charge is -2.15. The topological polar surface area (TPSA) is 68.0 Å². The van der Waals surface area contributed by atoms with Gasteiger partial charge in [0.15, 0.2) is 5.13 Å². The van der Waals surface area contributed by atoms with Crippen LogP contribution in [-0.4, -0.2) is 16.9 Å². The molecular formula is C15H17BrClN3OS. The van der Waals surface area contributed by atoms with Gasteiger partial charge in [0, 0.05) is 21.0 Å². The zero-order valence-electron chi connectivity index (χ0n) is 12.1. The maximum atomic E-state index is 12.4. The van der Waals surface area contributed by atoms with E-state index in [1.807, 2.05) is 25.1 Å². The Balaban J connectivity index is 0.00000176. The van der Waals surface area contributed by atoms with Crippen LogP contribution in [-0.2, 0) is 12.8 Å². The van der Waals surface area contributed by atoms with Gasteiger partial charge in [0.1, 0.15) is 0 Å². The minimum atomic E-state index is -0.121. The Morgan fingerprint density at radius 3 is 3.05 bits per heavy atom. The van der Waals surface area contributed by atoms with Gasteiger partial charge in [0.2, 0.25) is 0 Å². The van der Waals surface area contributed by atoms with E-state index in [0.29, 0.717) is 10.7 Å². The zero-order chi connectivity index (χ0) is 15.0. The molecule has 0 aliphatic heterocycles. The van der Waals surface area contributed by atoms with Gasteiger partial charge in [-0.2, -0.15) is 0 Å². The second kappa shape index (κ2) is 7.08. The fraction of sp³-hybridized carbons (Fsp3) is 0.333. The number of nitrogens with one attached hydrogen (secondary N) is 1. The molecule has 1 aromatic carbocycles. The SMILES string of the molecule is Cc1c(Br)cccc1C(=O)Nc1nc2c(s1)C[C@@H](N)CC2.Cl. The Labute approximate surface area is 148 Å².